The molecular formula is C16H13Cl4NOS. The van der Waals surface area contributed by atoms with Crippen LogP contribution in [0.5, 0.6) is 0 Å². The zero-order valence-corrected chi connectivity index (χ0v) is 15.8. The zero-order chi connectivity index (χ0) is 16.8. The summed E-state index contributed by atoms with van der Waals surface area (Å²) in [5, 5.41) is 4.83. The SMILES string of the molecule is O=C(CCSCc1ccc(Cl)c(Cl)c1)Nc1cc(Cl)ccc1Cl. The number of carbonyl (C=O) groups is 1. The van der Waals surface area contributed by atoms with Gasteiger partial charge >= 0.3 is 0 Å². The summed E-state index contributed by atoms with van der Waals surface area (Å²) in [6, 6.07) is 10.5. The lowest BCUT2D eigenvalue weighted by Crippen LogP contribution is -2.12. The third kappa shape index (κ3) is 6.09. The minimum absolute atomic E-state index is 0.101. The molecule has 2 rings (SSSR count). The van der Waals surface area contributed by atoms with Gasteiger partial charge in [-0.2, -0.15) is 11.8 Å². The first-order chi connectivity index (χ1) is 11.0. The molecule has 2 aromatic rings. The number of nitrogens with one attached hydrogen (secondary N) is 1. The van der Waals surface area contributed by atoms with E-state index >= 15 is 0 Å². The Kier molecular flexibility index (Phi) is 7.38. The summed E-state index contributed by atoms with van der Waals surface area (Å²) in [6.45, 7) is 0. The molecule has 0 atom stereocenters. The molecule has 0 saturated carbocycles. The van der Waals surface area contributed by atoms with Crippen LogP contribution >= 0.6 is 58.2 Å². The van der Waals surface area contributed by atoms with Gasteiger partial charge in [-0.25, -0.2) is 0 Å². The molecule has 122 valence electrons. The largest absolute Gasteiger partial charge is 0.325 e. The van der Waals surface area contributed by atoms with Crippen molar-refractivity contribution < 1.29 is 4.79 Å². The highest BCUT2D eigenvalue weighted by molar-refractivity contribution is 7.98. The van der Waals surface area contributed by atoms with Crippen LogP contribution in [0.25, 0.3) is 0 Å². The molecular weight excluding hydrogens is 396 g/mol. The summed E-state index contributed by atoms with van der Waals surface area (Å²) in [5.41, 5.74) is 1.60. The van der Waals surface area contributed by atoms with Crippen LogP contribution in [-0.2, 0) is 10.5 Å². The van der Waals surface area contributed by atoms with Crippen molar-refractivity contribution in [3.05, 3.63) is 62.1 Å². The van der Waals surface area contributed by atoms with Crippen LogP contribution in [0.4, 0.5) is 5.69 Å². The monoisotopic (exact) mass is 407 g/mol. The highest BCUT2D eigenvalue weighted by atomic mass is 35.5. The first-order valence-electron chi connectivity index (χ1n) is 6.72. The van der Waals surface area contributed by atoms with Gasteiger partial charge in [0.1, 0.15) is 0 Å². The Morgan fingerprint density at radius 2 is 1.70 bits per heavy atom. The van der Waals surface area contributed by atoms with E-state index in [1.54, 1.807) is 36.0 Å². The van der Waals surface area contributed by atoms with Gasteiger partial charge in [-0.05, 0) is 35.9 Å². The maximum Gasteiger partial charge on any atom is 0.225 e. The van der Waals surface area contributed by atoms with E-state index < -0.39 is 0 Å². The summed E-state index contributed by atoms with van der Waals surface area (Å²) in [5.74, 6) is 1.35. The Hall–Kier alpha value is -0.580. The van der Waals surface area contributed by atoms with Crippen molar-refractivity contribution in [1.29, 1.82) is 0 Å². The Bertz CT molecular complexity index is 708. The summed E-state index contributed by atoms with van der Waals surface area (Å²) >= 11 is 25.4. The summed E-state index contributed by atoms with van der Waals surface area (Å²) in [6.07, 6.45) is 0.384. The van der Waals surface area contributed by atoms with E-state index in [1.165, 1.54) is 0 Å². The first-order valence-corrected chi connectivity index (χ1v) is 9.39. The molecule has 0 aromatic heterocycles. The number of rotatable bonds is 6. The highest BCUT2D eigenvalue weighted by Gasteiger charge is 2.07. The van der Waals surface area contributed by atoms with Crippen molar-refractivity contribution in [2.75, 3.05) is 11.1 Å². The molecule has 0 spiro atoms. The van der Waals surface area contributed by atoms with Gasteiger partial charge in [-0.3, -0.25) is 4.79 Å². The molecule has 0 heterocycles. The van der Waals surface area contributed by atoms with Gasteiger partial charge in [-0.1, -0.05) is 52.5 Å². The molecule has 7 heteroatoms. The summed E-state index contributed by atoms with van der Waals surface area (Å²) in [4.78, 5) is 11.9. The van der Waals surface area contributed by atoms with Crippen LogP contribution in [0.3, 0.4) is 0 Å². The van der Waals surface area contributed by atoms with Crippen molar-refractivity contribution in [3.63, 3.8) is 0 Å². The zero-order valence-electron chi connectivity index (χ0n) is 11.9. The number of thioether (sulfide) groups is 1. The van der Waals surface area contributed by atoms with Gasteiger partial charge in [0.2, 0.25) is 5.91 Å². The predicted molar refractivity (Wildman–Crippen MR) is 102 cm³/mol. The Labute approximate surface area is 159 Å². The van der Waals surface area contributed by atoms with Gasteiger partial charge < -0.3 is 5.32 Å². The Morgan fingerprint density at radius 3 is 2.43 bits per heavy atom. The van der Waals surface area contributed by atoms with Gasteiger partial charge in [0, 0.05) is 22.9 Å². The molecule has 0 fully saturated rings. The third-order valence-corrected chi connectivity index (χ3v) is 5.26. The van der Waals surface area contributed by atoms with Crippen LogP contribution in [0, 0.1) is 0 Å². The predicted octanol–water partition coefficient (Wildman–Crippen LogP) is 6.56. The number of hydrogen-bond acceptors (Lipinski definition) is 2. The van der Waals surface area contributed by atoms with E-state index in [4.69, 9.17) is 46.4 Å². The van der Waals surface area contributed by atoms with Crippen molar-refractivity contribution in [2.45, 2.75) is 12.2 Å². The number of hydrogen-bond donors (Lipinski definition) is 1. The normalized spacial score (nSPS) is 10.6. The standard InChI is InChI=1S/C16H13Cl4NOS/c17-11-2-4-13(19)15(8-11)21-16(22)5-6-23-9-10-1-3-12(18)14(20)7-10/h1-4,7-8H,5-6,9H2,(H,21,22). The number of anilines is 1. The minimum atomic E-state index is -0.101. The number of carbonyl (C=O) groups excluding carboxylic acids is 1. The van der Waals surface area contributed by atoms with Crippen LogP contribution in [-0.4, -0.2) is 11.7 Å². The lowest BCUT2D eigenvalue weighted by atomic mass is 10.2. The molecule has 0 aliphatic rings. The molecule has 0 bridgehead atoms. The molecule has 1 N–H and O–H groups in total. The fraction of sp³-hybridized carbons (Fsp3) is 0.188. The smallest absolute Gasteiger partial charge is 0.225 e. The molecule has 23 heavy (non-hydrogen) atoms. The Balaban J connectivity index is 1.76. The second kappa shape index (κ2) is 9.05. The molecule has 0 aliphatic carbocycles. The fourth-order valence-corrected chi connectivity index (χ4v) is 3.34. The van der Waals surface area contributed by atoms with Gasteiger partial charge in [0.15, 0.2) is 0 Å². The molecule has 2 nitrogen and oxygen atoms in total. The lowest BCUT2D eigenvalue weighted by Gasteiger charge is -2.08. The average Bonchev–Trinajstić information content (AvgIpc) is 2.51. The second-order valence-electron chi connectivity index (χ2n) is 4.72. The van der Waals surface area contributed by atoms with Crippen molar-refractivity contribution in [1.82, 2.24) is 0 Å². The molecule has 0 radical (unpaired) electrons. The quantitative estimate of drug-likeness (QED) is 0.548. The van der Waals surface area contributed by atoms with E-state index in [0.29, 0.717) is 38.0 Å². The van der Waals surface area contributed by atoms with Crippen LogP contribution in [0.2, 0.25) is 20.1 Å². The van der Waals surface area contributed by atoms with Crippen LogP contribution in [0.15, 0.2) is 36.4 Å². The lowest BCUT2D eigenvalue weighted by molar-refractivity contribution is -0.115. The maximum atomic E-state index is 11.9. The van der Waals surface area contributed by atoms with Crippen molar-refractivity contribution in [2.24, 2.45) is 0 Å². The highest BCUT2D eigenvalue weighted by Crippen LogP contribution is 2.26. The van der Waals surface area contributed by atoms with Gasteiger partial charge in [0.05, 0.1) is 20.8 Å². The van der Waals surface area contributed by atoms with E-state index in [9.17, 15) is 4.79 Å². The summed E-state index contributed by atoms with van der Waals surface area (Å²) < 4.78 is 0. The molecule has 2 aromatic carbocycles. The first kappa shape index (κ1) is 18.8. The van der Waals surface area contributed by atoms with E-state index in [2.05, 4.69) is 5.32 Å². The van der Waals surface area contributed by atoms with E-state index in [0.717, 1.165) is 11.3 Å². The second-order valence-corrected chi connectivity index (χ2v) is 7.49. The van der Waals surface area contributed by atoms with Crippen LogP contribution in [0.1, 0.15) is 12.0 Å². The molecule has 1 amide bonds. The van der Waals surface area contributed by atoms with Crippen molar-refractivity contribution >= 4 is 69.8 Å². The van der Waals surface area contributed by atoms with Crippen LogP contribution < -0.4 is 5.32 Å². The Morgan fingerprint density at radius 1 is 0.957 bits per heavy atom. The van der Waals surface area contributed by atoms with E-state index in [1.807, 2.05) is 12.1 Å². The fourth-order valence-electron chi connectivity index (χ4n) is 1.79. The number of benzene rings is 2. The third-order valence-electron chi connectivity index (χ3n) is 2.93. The topological polar surface area (TPSA) is 29.1 Å². The molecule has 0 saturated heterocycles. The number of halogens is 4. The van der Waals surface area contributed by atoms with Gasteiger partial charge in [-0.15, -0.1) is 0 Å². The number of amides is 1. The van der Waals surface area contributed by atoms with Crippen molar-refractivity contribution in [3.8, 4) is 0 Å². The minimum Gasteiger partial charge on any atom is -0.325 e. The summed E-state index contributed by atoms with van der Waals surface area (Å²) in [7, 11) is 0. The maximum absolute atomic E-state index is 11.9. The molecule has 0 aliphatic heterocycles. The molecule has 0 unspecified atom stereocenters. The van der Waals surface area contributed by atoms with Gasteiger partial charge in [0.25, 0.3) is 0 Å². The average molecular weight is 409 g/mol. The van der Waals surface area contributed by atoms with E-state index in [-0.39, 0.29) is 5.91 Å².